The van der Waals surface area contributed by atoms with Crippen LogP contribution in [-0.2, 0) is 16.1 Å². The molecule has 2 aromatic rings. The van der Waals surface area contributed by atoms with E-state index in [1.165, 1.54) is 0 Å². The van der Waals surface area contributed by atoms with Crippen LogP contribution in [0.5, 0.6) is 0 Å². The number of hydrogen-bond donors (Lipinski definition) is 1. The Kier molecular flexibility index (Phi) is 4.75. The molecule has 7 nitrogen and oxygen atoms in total. The van der Waals surface area contributed by atoms with Crippen LogP contribution in [0.4, 0.5) is 4.79 Å². The third-order valence-corrected chi connectivity index (χ3v) is 4.87. The van der Waals surface area contributed by atoms with Gasteiger partial charge in [0.15, 0.2) is 0 Å². The Morgan fingerprint density at radius 2 is 2.17 bits per heavy atom. The summed E-state index contributed by atoms with van der Waals surface area (Å²) in [5.74, 6) is -0.267. The molecule has 0 saturated carbocycles. The molecule has 0 atom stereocenters. The van der Waals surface area contributed by atoms with Crippen LogP contribution in [0.3, 0.4) is 0 Å². The van der Waals surface area contributed by atoms with E-state index in [0.717, 1.165) is 20.1 Å². The van der Waals surface area contributed by atoms with Gasteiger partial charge in [0.1, 0.15) is 5.01 Å². The summed E-state index contributed by atoms with van der Waals surface area (Å²) < 4.78 is 1.10. The smallest absolute Gasteiger partial charge is 0.324 e. The summed E-state index contributed by atoms with van der Waals surface area (Å²) in [6.07, 6.45) is 0.751. The predicted molar refractivity (Wildman–Crippen MR) is 90.4 cm³/mol. The first-order valence-corrected chi connectivity index (χ1v) is 8.53. The summed E-state index contributed by atoms with van der Waals surface area (Å²) in [6.45, 7) is 0.775. The van der Waals surface area contributed by atoms with Gasteiger partial charge in [0.25, 0.3) is 0 Å². The topological polar surface area (TPSA) is 82.6 Å². The summed E-state index contributed by atoms with van der Waals surface area (Å²) in [5, 5.41) is 3.35. The molecule has 1 fully saturated rings. The Morgan fingerprint density at radius 3 is 2.88 bits per heavy atom. The van der Waals surface area contributed by atoms with E-state index >= 15 is 0 Å². The number of thiazole rings is 1. The largest absolute Gasteiger partial charge is 0.339 e. The number of rotatable bonds is 6. The number of carbonyl (C=O) groups is 3. The highest BCUT2D eigenvalue weighted by molar-refractivity contribution is 7.18. The monoisotopic (exact) mass is 346 g/mol. The van der Waals surface area contributed by atoms with Crippen LogP contribution in [0.1, 0.15) is 17.8 Å². The number of carbonyl (C=O) groups excluding carboxylic acids is 3. The fourth-order valence-corrected chi connectivity index (χ4v) is 3.56. The van der Waals surface area contributed by atoms with Gasteiger partial charge in [0.05, 0.1) is 23.3 Å². The van der Waals surface area contributed by atoms with E-state index < -0.39 is 0 Å². The van der Waals surface area contributed by atoms with Crippen molar-refractivity contribution in [1.82, 2.24) is 20.1 Å². The van der Waals surface area contributed by atoms with Gasteiger partial charge in [-0.05, 0) is 18.6 Å². The molecule has 2 heterocycles. The fourth-order valence-electron chi connectivity index (χ4n) is 2.54. The third kappa shape index (κ3) is 3.53. The van der Waals surface area contributed by atoms with Crippen LogP contribution in [0.2, 0.25) is 0 Å². The van der Waals surface area contributed by atoms with Gasteiger partial charge in [0, 0.05) is 20.0 Å². The molecule has 0 spiro atoms. The zero-order chi connectivity index (χ0) is 17.1. The lowest BCUT2D eigenvalue weighted by molar-refractivity contribution is -0.131. The maximum absolute atomic E-state index is 12.2. The van der Waals surface area contributed by atoms with Gasteiger partial charge in [-0.15, -0.1) is 11.3 Å². The molecule has 0 radical (unpaired) electrons. The molecular weight excluding hydrogens is 328 g/mol. The summed E-state index contributed by atoms with van der Waals surface area (Å²) in [7, 11) is 1.74. The Morgan fingerprint density at radius 1 is 1.38 bits per heavy atom. The molecule has 1 aliphatic heterocycles. The van der Waals surface area contributed by atoms with Gasteiger partial charge in [-0.1, -0.05) is 12.1 Å². The van der Waals surface area contributed by atoms with E-state index in [4.69, 9.17) is 0 Å². The standard InChI is InChI=1S/C16H18N4O3S/c1-19(10-13-18-11-5-2-3-6-12(11)24-13)14(21)7-4-8-20-15(22)9-17-16(20)23/h2-3,5-6H,4,7-10H2,1H3,(H,17,23). The van der Waals surface area contributed by atoms with Crippen molar-refractivity contribution in [3.8, 4) is 0 Å². The summed E-state index contributed by atoms with van der Waals surface area (Å²) in [5.41, 5.74) is 0.942. The van der Waals surface area contributed by atoms with Crippen molar-refractivity contribution in [2.24, 2.45) is 0 Å². The zero-order valence-corrected chi connectivity index (χ0v) is 14.1. The van der Waals surface area contributed by atoms with E-state index in [0.29, 0.717) is 19.4 Å². The fraction of sp³-hybridized carbons (Fsp3) is 0.375. The lowest BCUT2D eigenvalue weighted by Crippen LogP contribution is -2.33. The Balaban J connectivity index is 1.49. The van der Waals surface area contributed by atoms with Gasteiger partial charge in [-0.25, -0.2) is 9.78 Å². The van der Waals surface area contributed by atoms with E-state index in [9.17, 15) is 14.4 Å². The number of fused-ring (bicyclic) bond motifs is 1. The quantitative estimate of drug-likeness (QED) is 0.805. The van der Waals surface area contributed by atoms with Crippen molar-refractivity contribution in [3.63, 3.8) is 0 Å². The van der Waals surface area contributed by atoms with Gasteiger partial charge >= 0.3 is 6.03 Å². The highest BCUT2D eigenvalue weighted by Crippen LogP contribution is 2.22. The highest BCUT2D eigenvalue weighted by atomic mass is 32.1. The lowest BCUT2D eigenvalue weighted by atomic mass is 10.2. The van der Waals surface area contributed by atoms with Gasteiger partial charge in [-0.3, -0.25) is 14.5 Å². The molecular formula is C16H18N4O3S. The third-order valence-electron chi connectivity index (χ3n) is 3.85. The zero-order valence-electron chi connectivity index (χ0n) is 13.3. The number of imide groups is 1. The molecule has 0 bridgehead atoms. The van der Waals surface area contributed by atoms with Gasteiger partial charge < -0.3 is 10.2 Å². The molecule has 3 rings (SSSR count). The lowest BCUT2D eigenvalue weighted by Gasteiger charge is -2.17. The van der Waals surface area contributed by atoms with Crippen LogP contribution >= 0.6 is 11.3 Å². The van der Waals surface area contributed by atoms with E-state index in [1.54, 1.807) is 23.3 Å². The summed E-state index contributed by atoms with van der Waals surface area (Å²) >= 11 is 1.58. The average molecular weight is 346 g/mol. The SMILES string of the molecule is CN(Cc1nc2ccccc2s1)C(=O)CCCN1C(=O)CNC1=O. The second kappa shape index (κ2) is 6.96. The Hall–Kier alpha value is -2.48. The van der Waals surface area contributed by atoms with Crippen molar-refractivity contribution in [3.05, 3.63) is 29.3 Å². The number of hydrogen-bond acceptors (Lipinski definition) is 5. The van der Waals surface area contributed by atoms with Crippen LogP contribution in [0, 0.1) is 0 Å². The maximum atomic E-state index is 12.2. The minimum atomic E-state index is -0.379. The molecule has 1 aromatic carbocycles. The number of nitrogens with one attached hydrogen (secondary N) is 1. The number of aromatic nitrogens is 1. The van der Waals surface area contributed by atoms with Gasteiger partial charge in [-0.2, -0.15) is 0 Å². The molecule has 1 aliphatic rings. The molecule has 0 aliphatic carbocycles. The number of benzene rings is 1. The summed E-state index contributed by atoms with van der Waals surface area (Å²) in [4.78, 5) is 42.4. The number of para-hydroxylation sites is 1. The predicted octanol–water partition coefficient (Wildman–Crippen LogP) is 1.59. The molecule has 126 valence electrons. The van der Waals surface area contributed by atoms with Crippen molar-refractivity contribution in [2.45, 2.75) is 19.4 Å². The number of nitrogens with zero attached hydrogens (tertiary/aromatic N) is 3. The van der Waals surface area contributed by atoms with Crippen molar-refractivity contribution in [2.75, 3.05) is 20.1 Å². The van der Waals surface area contributed by atoms with Crippen molar-refractivity contribution >= 4 is 39.4 Å². The highest BCUT2D eigenvalue weighted by Gasteiger charge is 2.27. The Labute approximate surface area is 143 Å². The van der Waals surface area contributed by atoms with Gasteiger partial charge in [0.2, 0.25) is 11.8 Å². The second-order valence-electron chi connectivity index (χ2n) is 5.63. The van der Waals surface area contributed by atoms with E-state index in [2.05, 4.69) is 10.3 Å². The van der Waals surface area contributed by atoms with E-state index in [-0.39, 0.29) is 30.9 Å². The molecule has 1 aromatic heterocycles. The normalized spacial score (nSPS) is 14.3. The molecule has 24 heavy (non-hydrogen) atoms. The average Bonchev–Trinajstić information content (AvgIpc) is 3.11. The van der Waals surface area contributed by atoms with E-state index in [1.807, 2.05) is 24.3 Å². The molecule has 0 unspecified atom stereocenters. The molecule has 1 saturated heterocycles. The molecule has 4 amide bonds. The first-order valence-electron chi connectivity index (χ1n) is 7.71. The number of amides is 4. The minimum absolute atomic E-state index is 0.0266. The van der Waals surface area contributed by atoms with Crippen LogP contribution in [-0.4, -0.2) is 52.8 Å². The molecule has 1 N–H and O–H groups in total. The number of urea groups is 1. The van der Waals surface area contributed by atoms with Crippen LogP contribution < -0.4 is 5.32 Å². The summed E-state index contributed by atoms with van der Waals surface area (Å²) in [6, 6.07) is 7.49. The van der Waals surface area contributed by atoms with Crippen molar-refractivity contribution in [1.29, 1.82) is 0 Å². The molecule has 8 heteroatoms. The van der Waals surface area contributed by atoms with Crippen molar-refractivity contribution < 1.29 is 14.4 Å². The van der Waals surface area contributed by atoms with Crippen LogP contribution in [0.15, 0.2) is 24.3 Å². The first-order chi connectivity index (χ1) is 11.5. The minimum Gasteiger partial charge on any atom is -0.339 e. The first kappa shape index (κ1) is 16.4. The second-order valence-corrected chi connectivity index (χ2v) is 6.75. The Bertz CT molecular complexity index is 739. The van der Waals surface area contributed by atoms with Crippen LogP contribution in [0.25, 0.3) is 10.2 Å². The maximum Gasteiger partial charge on any atom is 0.324 e.